The van der Waals surface area contributed by atoms with E-state index in [2.05, 4.69) is 24.0 Å². The summed E-state index contributed by atoms with van der Waals surface area (Å²) < 4.78 is 13.8. The van der Waals surface area contributed by atoms with Crippen molar-refractivity contribution in [3.63, 3.8) is 0 Å². The molecular formula is C17H21FN2. The number of hydrogen-bond donors (Lipinski definition) is 1. The molecule has 0 spiro atoms. The maximum Gasteiger partial charge on any atom is 0.126 e. The molecule has 0 saturated heterocycles. The summed E-state index contributed by atoms with van der Waals surface area (Å²) in [7, 11) is 0. The van der Waals surface area contributed by atoms with E-state index in [1.807, 2.05) is 30.3 Å². The largest absolute Gasteiger partial charge is 0.363 e. The average Bonchev–Trinajstić information content (AvgIpc) is 2.48. The molecule has 0 aliphatic rings. The molecule has 0 aliphatic heterocycles. The topological polar surface area (TPSA) is 29.3 Å². The minimum Gasteiger partial charge on any atom is -0.363 e. The quantitative estimate of drug-likeness (QED) is 0.900. The Bertz CT molecular complexity index is 554. The van der Waals surface area contributed by atoms with E-state index in [0.717, 1.165) is 17.8 Å². The Morgan fingerprint density at radius 1 is 1.15 bits per heavy atom. The summed E-state index contributed by atoms with van der Waals surface area (Å²) >= 11 is 0. The highest BCUT2D eigenvalue weighted by molar-refractivity contribution is 5.49. The first-order valence-corrected chi connectivity index (χ1v) is 6.95. The predicted octanol–water partition coefficient (Wildman–Crippen LogP) is 3.66. The number of para-hydroxylation sites is 1. The van der Waals surface area contributed by atoms with Gasteiger partial charge in [0, 0.05) is 18.8 Å². The molecule has 0 bridgehead atoms. The molecule has 2 aromatic carbocycles. The van der Waals surface area contributed by atoms with Gasteiger partial charge in [-0.3, -0.25) is 0 Å². The minimum atomic E-state index is -0.176. The van der Waals surface area contributed by atoms with Crippen LogP contribution in [0.5, 0.6) is 0 Å². The Hall–Kier alpha value is -1.87. The van der Waals surface area contributed by atoms with Crippen LogP contribution in [0, 0.1) is 12.7 Å². The monoisotopic (exact) mass is 272 g/mol. The van der Waals surface area contributed by atoms with Crippen molar-refractivity contribution in [3.05, 3.63) is 65.5 Å². The standard InChI is InChI=1S/C17H21FN2/c1-3-20(15-7-5-4-6-8-15)17(12-19)14-10-9-13(2)16(18)11-14/h4-11,17H,3,12,19H2,1-2H3. The lowest BCUT2D eigenvalue weighted by Gasteiger charge is -2.32. The van der Waals surface area contributed by atoms with Crippen LogP contribution in [0.2, 0.25) is 0 Å². The van der Waals surface area contributed by atoms with E-state index in [1.54, 1.807) is 13.0 Å². The normalized spacial score (nSPS) is 12.2. The number of aryl methyl sites for hydroxylation is 1. The van der Waals surface area contributed by atoms with Crippen LogP contribution in [-0.4, -0.2) is 13.1 Å². The van der Waals surface area contributed by atoms with E-state index in [-0.39, 0.29) is 11.9 Å². The van der Waals surface area contributed by atoms with Gasteiger partial charge in [-0.05, 0) is 43.2 Å². The zero-order valence-electron chi connectivity index (χ0n) is 12.0. The van der Waals surface area contributed by atoms with Crippen LogP contribution < -0.4 is 10.6 Å². The van der Waals surface area contributed by atoms with Crippen molar-refractivity contribution in [1.29, 1.82) is 0 Å². The number of likely N-dealkylation sites (N-methyl/N-ethyl adjacent to an activating group) is 1. The summed E-state index contributed by atoms with van der Waals surface area (Å²) in [5, 5.41) is 0. The lowest BCUT2D eigenvalue weighted by Crippen LogP contribution is -2.33. The first-order chi connectivity index (χ1) is 9.67. The van der Waals surface area contributed by atoms with Crippen molar-refractivity contribution in [2.24, 2.45) is 5.73 Å². The van der Waals surface area contributed by atoms with Crippen LogP contribution in [-0.2, 0) is 0 Å². The molecule has 2 nitrogen and oxygen atoms in total. The van der Waals surface area contributed by atoms with E-state index in [1.165, 1.54) is 0 Å². The molecule has 1 atom stereocenters. The van der Waals surface area contributed by atoms with Crippen LogP contribution in [0.4, 0.5) is 10.1 Å². The van der Waals surface area contributed by atoms with E-state index in [4.69, 9.17) is 5.73 Å². The molecule has 20 heavy (non-hydrogen) atoms. The van der Waals surface area contributed by atoms with Gasteiger partial charge in [0.25, 0.3) is 0 Å². The van der Waals surface area contributed by atoms with Crippen molar-refractivity contribution in [3.8, 4) is 0 Å². The highest BCUT2D eigenvalue weighted by Crippen LogP contribution is 2.27. The van der Waals surface area contributed by atoms with Gasteiger partial charge in [-0.2, -0.15) is 0 Å². The maximum atomic E-state index is 13.8. The number of halogens is 1. The third-order valence-electron chi connectivity index (χ3n) is 3.61. The zero-order chi connectivity index (χ0) is 14.5. The maximum absolute atomic E-state index is 13.8. The Kier molecular flexibility index (Phi) is 4.74. The molecule has 3 heteroatoms. The zero-order valence-corrected chi connectivity index (χ0v) is 12.0. The summed E-state index contributed by atoms with van der Waals surface area (Å²) in [6.07, 6.45) is 0. The Balaban J connectivity index is 2.36. The summed E-state index contributed by atoms with van der Waals surface area (Å²) in [5.74, 6) is -0.176. The molecule has 0 aromatic heterocycles. The van der Waals surface area contributed by atoms with Gasteiger partial charge in [-0.15, -0.1) is 0 Å². The molecule has 106 valence electrons. The Morgan fingerprint density at radius 2 is 1.85 bits per heavy atom. The van der Waals surface area contributed by atoms with Crippen molar-refractivity contribution in [2.45, 2.75) is 19.9 Å². The number of hydrogen-bond acceptors (Lipinski definition) is 2. The molecule has 0 fully saturated rings. The summed E-state index contributed by atoms with van der Waals surface area (Å²) in [6, 6.07) is 15.4. The van der Waals surface area contributed by atoms with Crippen molar-refractivity contribution in [2.75, 3.05) is 18.0 Å². The number of benzene rings is 2. The Labute approximate surface area is 120 Å². The van der Waals surface area contributed by atoms with E-state index >= 15 is 0 Å². The molecule has 0 aliphatic carbocycles. The highest BCUT2D eigenvalue weighted by atomic mass is 19.1. The van der Waals surface area contributed by atoms with Crippen LogP contribution in [0.3, 0.4) is 0 Å². The highest BCUT2D eigenvalue weighted by Gasteiger charge is 2.18. The second-order valence-electron chi connectivity index (χ2n) is 4.88. The fraction of sp³-hybridized carbons (Fsp3) is 0.294. The van der Waals surface area contributed by atoms with Crippen LogP contribution in [0.1, 0.15) is 24.1 Å². The van der Waals surface area contributed by atoms with Gasteiger partial charge in [0.05, 0.1) is 6.04 Å². The van der Waals surface area contributed by atoms with Gasteiger partial charge in [-0.1, -0.05) is 30.3 Å². The van der Waals surface area contributed by atoms with Gasteiger partial charge in [0.1, 0.15) is 5.82 Å². The second-order valence-corrected chi connectivity index (χ2v) is 4.88. The number of nitrogens with two attached hydrogens (primary N) is 1. The molecule has 2 aromatic rings. The third-order valence-corrected chi connectivity index (χ3v) is 3.61. The van der Waals surface area contributed by atoms with Crippen molar-refractivity contribution in [1.82, 2.24) is 0 Å². The van der Waals surface area contributed by atoms with Crippen molar-refractivity contribution < 1.29 is 4.39 Å². The molecule has 0 amide bonds. The SMILES string of the molecule is CCN(c1ccccc1)C(CN)c1ccc(C)c(F)c1. The van der Waals surface area contributed by atoms with E-state index < -0.39 is 0 Å². The van der Waals surface area contributed by atoms with Crippen LogP contribution in [0.15, 0.2) is 48.5 Å². The van der Waals surface area contributed by atoms with Gasteiger partial charge < -0.3 is 10.6 Å². The van der Waals surface area contributed by atoms with E-state index in [9.17, 15) is 4.39 Å². The summed E-state index contributed by atoms with van der Waals surface area (Å²) in [5.41, 5.74) is 8.62. The van der Waals surface area contributed by atoms with E-state index in [0.29, 0.717) is 12.1 Å². The fourth-order valence-corrected chi connectivity index (χ4v) is 2.46. The first-order valence-electron chi connectivity index (χ1n) is 6.95. The van der Waals surface area contributed by atoms with Crippen LogP contribution in [0.25, 0.3) is 0 Å². The number of nitrogens with zero attached hydrogens (tertiary/aromatic N) is 1. The number of rotatable bonds is 5. The smallest absolute Gasteiger partial charge is 0.126 e. The molecular weight excluding hydrogens is 251 g/mol. The van der Waals surface area contributed by atoms with Gasteiger partial charge in [-0.25, -0.2) is 4.39 Å². The van der Waals surface area contributed by atoms with Gasteiger partial charge in [0.15, 0.2) is 0 Å². The first kappa shape index (κ1) is 14.5. The second kappa shape index (κ2) is 6.53. The molecule has 0 radical (unpaired) electrons. The van der Waals surface area contributed by atoms with Gasteiger partial charge >= 0.3 is 0 Å². The molecule has 1 unspecified atom stereocenters. The molecule has 2 rings (SSSR count). The van der Waals surface area contributed by atoms with Crippen LogP contribution >= 0.6 is 0 Å². The minimum absolute atomic E-state index is 0.0162. The molecule has 0 heterocycles. The lowest BCUT2D eigenvalue weighted by atomic mass is 10.0. The summed E-state index contributed by atoms with van der Waals surface area (Å²) in [4.78, 5) is 2.20. The lowest BCUT2D eigenvalue weighted by molar-refractivity contribution is 0.600. The fourth-order valence-electron chi connectivity index (χ4n) is 2.46. The third kappa shape index (κ3) is 2.99. The van der Waals surface area contributed by atoms with Crippen molar-refractivity contribution >= 4 is 5.69 Å². The predicted molar refractivity (Wildman–Crippen MR) is 82.4 cm³/mol. The average molecular weight is 272 g/mol. The molecule has 0 saturated carbocycles. The Morgan fingerprint density at radius 3 is 2.40 bits per heavy atom. The van der Waals surface area contributed by atoms with Gasteiger partial charge in [0.2, 0.25) is 0 Å². The number of anilines is 1. The summed E-state index contributed by atoms with van der Waals surface area (Å²) in [6.45, 7) is 5.12. The molecule has 2 N–H and O–H groups in total.